The minimum Gasteiger partial charge on any atom is -0.383 e. The number of carbonyl (C=O) groups is 1. The van der Waals surface area contributed by atoms with Crippen molar-refractivity contribution in [3.05, 3.63) is 17.5 Å². The first kappa shape index (κ1) is 16.7. The summed E-state index contributed by atoms with van der Waals surface area (Å²) < 4.78 is 66.5. The molecule has 2 rings (SSSR count). The lowest BCUT2D eigenvalue weighted by Crippen LogP contribution is -2.60. The van der Waals surface area contributed by atoms with Gasteiger partial charge in [0.2, 0.25) is 0 Å². The lowest BCUT2D eigenvalue weighted by Gasteiger charge is -2.41. The van der Waals surface area contributed by atoms with Gasteiger partial charge in [0.05, 0.1) is 0 Å². The fourth-order valence-corrected chi connectivity index (χ4v) is 2.23. The third-order valence-corrected chi connectivity index (χ3v) is 3.66. The highest BCUT2D eigenvalue weighted by Crippen LogP contribution is 2.44. The molecule has 1 aliphatic carbocycles. The number of aromatic nitrogens is 2. The van der Waals surface area contributed by atoms with Crippen LogP contribution in [0.5, 0.6) is 0 Å². The van der Waals surface area contributed by atoms with E-state index in [-0.39, 0.29) is 12.8 Å². The molecule has 1 aromatic rings. The zero-order valence-corrected chi connectivity index (χ0v) is 11.5. The van der Waals surface area contributed by atoms with Crippen LogP contribution in [0, 0.1) is 0 Å². The second-order valence-electron chi connectivity index (χ2n) is 5.32. The number of hydrogen-bond donors (Lipinski definition) is 2. The van der Waals surface area contributed by atoms with Crippen molar-refractivity contribution < 1.29 is 31.9 Å². The van der Waals surface area contributed by atoms with Gasteiger partial charge in [0.15, 0.2) is 5.69 Å². The summed E-state index contributed by atoms with van der Waals surface area (Å²) in [5, 5.41) is 14.5. The highest BCUT2D eigenvalue weighted by Gasteiger charge is 2.61. The molecule has 124 valence electrons. The van der Waals surface area contributed by atoms with Crippen LogP contribution in [0.2, 0.25) is 0 Å². The summed E-state index contributed by atoms with van der Waals surface area (Å²) in [7, 11) is 1.24. The Bertz CT molecular complexity index is 578. The van der Waals surface area contributed by atoms with Crippen molar-refractivity contribution in [3.63, 3.8) is 0 Å². The van der Waals surface area contributed by atoms with Crippen LogP contribution in [-0.4, -0.2) is 32.3 Å². The predicted molar refractivity (Wildman–Crippen MR) is 63.8 cm³/mol. The van der Waals surface area contributed by atoms with Gasteiger partial charge in [-0.1, -0.05) is 0 Å². The number of nitrogens with one attached hydrogen (secondary N) is 1. The van der Waals surface area contributed by atoms with Crippen LogP contribution in [0.15, 0.2) is 6.20 Å². The normalized spacial score (nSPS) is 18.0. The number of halogens is 5. The van der Waals surface area contributed by atoms with Gasteiger partial charge in [0.1, 0.15) is 5.60 Å². The first-order valence-corrected chi connectivity index (χ1v) is 6.45. The van der Waals surface area contributed by atoms with Crippen LogP contribution in [-0.2, 0) is 24.6 Å². The molecule has 0 spiro atoms. The van der Waals surface area contributed by atoms with Gasteiger partial charge in [-0.25, -0.2) is 0 Å². The minimum absolute atomic E-state index is 0.228. The molecular formula is C12H14F5N3O2. The molecule has 5 nitrogen and oxygen atoms in total. The minimum atomic E-state index is -4.75. The second kappa shape index (κ2) is 5.18. The quantitative estimate of drug-likeness (QED) is 0.826. The third-order valence-electron chi connectivity index (χ3n) is 3.66. The van der Waals surface area contributed by atoms with Gasteiger partial charge in [-0.3, -0.25) is 9.48 Å². The van der Waals surface area contributed by atoms with Gasteiger partial charge in [-0.15, -0.1) is 0 Å². The molecule has 22 heavy (non-hydrogen) atoms. The molecule has 0 aliphatic heterocycles. The number of carbonyl (C=O) groups excluding carboxylic acids is 1. The first-order valence-electron chi connectivity index (χ1n) is 6.45. The van der Waals surface area contributed by atoms with Gasteiger partial charge >= 0.3 is 12.1 Å². The van der Waals surface area contributed by atoms with Crippen molar-refractivity contribution in [1.82, 2.24) is 15.1 Å². The summed E-state index contributed by atoms with van der Waals surface area (Å²) in [6.45, 7) is -0.757. The Morgan fingerprint density at radius 3 is 2.45 bits per heavy atom. The van der Waals surface area contributed by atoms with Gasteiger partial charge in [0.25, 0.3) is 5.91 Å². The van der Waals surface area contributed by atoms with Crippen LogP contribution in [0.3, 0.4) is 0 Å². The van der Waals surface area contributed by atoms with E-state index < -0.39 is 41.4 Å². The van der Waals surface area contributed by atoms with Crippen molar-refractivity contribution in [3.8, 4) is 0 Å². The Kier molecular flexibility index (Phi) is 3.92. The average Bonchev–Trinajstić information content (AvgIpc) is 2.74. The lowest BCUT2D eigenvalue weighted by molar-refractivity contribution is -0.216. The molecule has 10 heteroatoms. The van der Waals surface area contributed by atoms with Crippen molar-refractivity contribution >= 4 is 5.91 Å². The van der Waals surface area contributed by atoms with Gasteiger partial charge in [0, 0.05) is 25.4 Å². The molecule has 1 aromatic heterocycles. The van der Waals surface area contributed by atoms with E-state index in [2.05, 4.69) is 5.10 Å². The fourth-order valence-electron chi connectivity index (χ4n) is 2.23. The standard InChI is InChI=1S/C12H14F5N3O2/c1-20-6-7(8(19-20)12(15,16)17)5-18-9(21)11(13,14)10(22)3-2-4-10/h6,22H,2-5H2,1H3,(H,18,21). The summed E-state index contributed by atoms with van der Waals surface area (Å²) in [6.07, 6.45) is -3.86. The monoisotopic (exact) mass is 327 g/mol. The molecule has 0 atom stereocenters. The van der Waals surface area contributed by atoms with Crippen LogP contribution in [0.25, 0.3) is 0 Å². The van der Waals surface area contributed by atoms with Crippen molar-refractivity contribution in [2.45, 2.75) is 43.5 Å². The topological polar surface area (TPSA) is 67.2 Å². The van der Waals surface area contributed by atoms with Crippen LogP contribution in [0.1, 0.15) is 30.5 Å². The molecule has 1 heterocycles. The van der Waals surface area contributed by atoms with Crippen LogP contribution in [0.4, 0.5) is 22.0 Å². The molecule has 0 bridgehead atoms. The van der Waals surface area contributed by atoms with E-state index in [0.717, 1.165) is 10.9 Å². The maximum atomic E-state index is 13.8. The molecule has 0 saturated heterocycles. The summed E-state index contributed by atoms with van der Waals surface area (Å²) >= 11 is 0. The highest BCUT2D eigenvalue weighted by atomic mass is 19.4. The van der Waals surface area contributed by atoms with E-state index in [9.17, 15) is 31.9 Å². The van der Waals surface area contributed by atoms with Crippen molar-refractivity contribution in [1.29, 1.82) is 0 Å². The number of nitrogens with zero attached hydrogens (tertiary/aromatic N) is 2. The van der Waals surface area contributed by atoms with E-state index in [0.29, 0.717) is 6.42 Å². The average molecular weight is 327 g/mol. The second-order valence-corrected chi connectivity index (χ2v) is 5.32. The van der Waals surface area contributed by atoms with Gasteiger partial charge in [-0.2, -0.15) is 27.1 Å². The molecule has 1 saturated carbocycles. The third kappa shape index (κ3) is 2.79. The maximum absolute atomic E-state index is 13.8. The first-order chi connectivity index (χ1) is 9.97. The largest absolute Gasteiger partial charge is 0.435 e. The molecule has 2 N–H and O–H groups in total. The number of aryl methyl sites for hydroxylation is 1. The number of alkyl halides is 5. The zero-order valence-electron chi connectivity index (χ0n) is 11.5. The number of aliphatic hydroxyl groups is 1. The van der Waals surface area contributed by atoms with Crippen molar-refractivity contribution in [2.24, 2.45) is 7.05 Å². The summed E-state index contributed by atoms with van der Waals surface area (Å²) in [4.78, 5) is 11.5. The van der Waals surface area contributed by atoms with Crippen LogP contribution >= 0.6 is 0 Å². The number of amides is 1. The summed E-state index contributed by atoms with van der Waals surface area (Å²) in [5.74, 6) is -5.85. The van der Waals surface area contributed by atoms with E-state index >= 15 is 0 Å². The Hall–Kier alpha value is -1.71. The molecule has 0 unspecified atom stereocenters. The predicted octanol–water partition coefficient (Wildman–Crippen LogP) is 1.61. The number of hydrogen-bond acceptors (Lipinski definition) is 3. The Labute approximate surface area is 122 Å². The zero-order chi connectivity index (χ0) is 16.8. The molecule has 0 radical (unpaired) electrons. The fraction of sp³-hybridized carbons (Fsp3) is 0.667. The smallest absolute Gasteiger partial charge is 0.383 e. The Balaban J connectivity index is 2.09. The van der Waals surface area contributed by atoms with Gasteiger partial charge < -0.3 is 10.4 Å². The molecule has 0 aromatic carbocycles. The Morgan fingerprint density at radius 1 is 1.41 bits per heavy atom. The van der Waals surface area contributed by atoms with Gasteiger partial charge in [-0.05, 0) is 19.3 Å². The molecular weight excluding hydrogens is 313 g/mol. The van der Waals surface area contributed by atoms with E-state index in [1.54, 1.807) is 5.32 Å². The lowest BCUT2D eigenvalue weighted by atomic mass is 9.75. The van der Waals surface area contributed by atoms with E-state index in [1.165, 1.54) is 7.05 Å². The molecule has 1 aliphatic rings. The van der Waals surface area contributed by atoms with E-state index in [4.69, 9.17) is 0 Å². The Morgan fingerprint density at radius 2 is 2.00 bits per heavy atom. The van der Waals surface area contributed by atoms with Crippen LogP contribution < -0.4 is 5.32 Å². The number of rotatable bonds is 4. The summed E-state index contributed by atoms with van der Waals surface area (Å²) in [6, 6.07) is 0. The summed E-state index contributed by atoms with van der Waals surface area (Å²) in [5.41, 5.74) is -4.10. The molecule has 1 amide bonds. The SMILES string of the molecule is Cn1cc(CNC(=O)C(F)(F)C2(O)CCC2)c(C(F)(F)F)n1. The highest BCUT2D eigenvalue weighted by molar-refractivity contribution is 5.85. The molecule has 1 fully saturated rings. The van der Waals surface area contributed by atoms with E-state index in [1.807, 2.05) is 0 Å². The maximum Gasteiger partial charge on any atom is 0.435 e. The van der Waals surface area contributed by atoms with Crippen molar-refractivity contribution in [2.75, 3.05) is 0 Å².